The zero-order valence-electron chi connectivity index (χ0n) is 17.4. The molecule has 0 spiro atoms. The van der Waals surface area contributed by atoms with Crippen LogP contribution in [0.3, 0.4) is 0 Å². The maximum atomic E-state index is 10.8. The third kappa shape index (κ3) is 8.45. The molecule has 0 fully saturated rings. The molecule has 0 unspecified atom stereocenters. The van der Waals surface area contributed by atoms with Gasteiger partial charge in [-0.05, 0) is 42.7 Å². The molecule has 2 N–H and O–H groups in total. The van der Waals surface area contributed by atoms with E-state index in [0.29, 0.717) is 12.8 Å². The fourth-order valence-electron chi connectivity index (χ4n) is 2.31. The number of anilines is 1. The number of amides is 2. The van der Waals surface area contributed by atoms with Crippen LogP contribution in [0.2, 0.25) is 0 Å². The predicted molar refractivity (Wildman–Crippen MR) is 121 cm³/mol. The lowest BCUT2D eigenvalue weighted by atomic mass is 9.97. The van der Waals surface area contributed by atoms with E-state index in [1.165, 1.54) is 0 Å². The summed E-state index contributed by atoms with van der Waals surface area (Å²) >= 11 is 0. The number of hydrogen-bond donors (Lipinski definition) is 2. The molecule has 0 atom stereocenters. The number of hydrogen-bond acceptors (Lipinski definition) is 3. The molecule has 0 saturated carbocycles. The highest BCUT2D eigenvalue weighted by Crippen LogP contribution is 2.30. The van der Waals surface area contributed by atoms with Gasteiger partial charge in [-0.25, -0.2) is 0 Å². The van der Waals surface area contributed by atoms with Crippen molar-refractivity contribution in [2.45, 2.75) is 27.7 Å². The standard InChI is InChI=1S/C18H18N2O.C3H7NO.C2H6/c1-3-14(12-19-2)16-9-10-18(20-13-21)17(11-16)15-7-5-4-6-8-15;1-2-4-3-5;1-2/h3-13H,1-2H3,(H,20,21);3H,2H2,1H3,(H,4,5);1-2H3/b14-3+,19-12?;;. The van der Waals surface area contributed by atoms with Crippen molar-refractivity contribution in [2.24, 2.45) is 4.99 Å². The van der Waals surface area contributed by atoms with Gasteiger partial charge in [-0.1, -0.05) is 56.3 Å². The zero-order valence-corrected chi connectivity index (χ0v) is 17.4. The molecule has 2 aromatic carbocycles. The van der Waals surface area contributed by atoms with Gasteiger partial charge in [-0.3, -0.25) is 14.6 Å². The number of allylic oxidation sites excluding steroid dienone is 2. The monoisotopic (exact) mass is 381 g/mol. The highest BCUT2D eigenvalue weighted by atomic mass is 16.1. The highest BCUT2D eigenvalue weighted by molar-refractivity contribution is 6.10. The summed E-state index contributed by atoms with van der Waals surface area (Å²) in [6.45, 7) is 8.58. The van der Waals surface area contributed by atoms with Gasteiger partial charge >= 0.3 is 0 Å². The largest absolute Gasteiger partial charge is 0.359 e. The molecule has 0 bridgehead atoms. The van der Waals surface area contributed by atoms with Crippen molar-refractivity contribution in [1.82, 2.24) is 5.32 Å². The minimum atomic E-state index is 0.681. The van der Waals surface area contributed by atoms with Gasteiger partial charge in [0.1, 0.15) is 0 Å². The summed E-state index contributed by atoms with van der Waals surface area (Å²) in [5.41, 5.74) is 4.96. The number of carbonyl (C=O) groups excluding carboxylic acids is 2. The molecule has 28 heavy (non-hydrogen) atoms. The number of nitrogens with one attached hydrogen (secondary N) is 2. The molecule has 0 aliphatic carbocycles. The summed E-state index contributed by atoms with van der Waals surface area (Å²) in [5, 5.41) is 5.19. The van der Waals surface area contributed by atoms with Crippen LogP contribution >= 0.6 is 0 Å². The fraction of sp³-hybridized carbons (Fsp3) is 0.261. The van der Waals surface area contributed by atoms with Crippen LogP contribution < -0.4 is 10.6 Å². The molecule has 150 valence electrons. The Balaban J connectivity index is 0.000000906. The first-order valence-corrected chi connectivity index (χ1v) is 9.37. The van der Waals surface area contributed by atoms with Gasteiger partial charge in [0, 0.05) is 31.1 Å². The van der Waals surface area contributed by atoms with Crippen molar-refractivity contribution in [3.63, 3.8) is 0 Å². The van der Waals surface area contributed by atoms with Gasteiger partial charge in [0.15, 0.2) is 0 Å². The summed E-state index contributed by atoms with van der Waals surface area (Å²) in [5.74, 6) is 0. The van der Waals surface area contributed by atoms with Crippen molar-refractivity contribution in [1.29, 1.82) is 0 Å². The van der Waals surface area contributed by atoms with Gasteiger partial charge in [-0.2, -0.15) is 0 Å². The Morgan fingerprint density at radius 1 is 1.04 bits per heavy atom. The Morgan fingerprint density at radius 2 is 1.71 bits per heavy atom. The second-order valence-corrected chi connectivity index (χ2v) is 5.20. The van der Waals surface area contributed by atoms with E-state index < -0.39 is 0 Å². The minimum absolute atomic E-state index is 0.681. The molecule has 2 rings (SSSR count). The van der Waals surface area contributed by atoms with E-state index in [9.17, 15) is 9.59 Å². The van der Waals surface area contributed by atoms with Gasteiger partial charge in [-0.15, -0.1) is 0 Å². The fourth-order valence-corrected chi connectivity index (χ4v) is 2.31. The van der Waals surface area contributed by atoms with E-state index in [4.69, 9.17) is 0 Å². The minimum Gasteiger partial charge on any atom is -0.359 e. The Morgan fingerprint density at radius 3 is 2.18 bits per heavy atom. The van der Waals surface area contributed by atoms with E-state index in [-0.39, 0.29) is 0 Å². The van der Waals surface area contributed by atoms with Crippen molar-refractivity contribution in [3.05, 3.63) is 60.2 Å². The first-order chi connectivity index (χ1) is 13.7. The SMILES string of the molecule is C/C=C(\C=NC)c1ccc(NC=O)c(-c2ccccc2)c1.CC.CCNC=O. The smallest absolute Gasteiger partial charge is 0.211 e. The second-order valence-electron chi connectivity index (χ2n) is 5.20. The molecule has 0 aliphatic rings. The molecule has 0 saturated heterocycles. The van der Waals surface area contributed by atoms with Crippen LogP contribution in [-0.2, 0) is 9.59 Å². The Kier molecular flexibility index (Phi) is 14.2. The highest BCUT2D eigenvalue weighted by Gasteiger charge is 2.07. The number of aliphatic imine (C=N–C) groups is 1. The molecular formula is C23H31N3O2. The molecule has 0 heterocycles. The normalized spacial score (nSPS) is 10.1. The van der Waals surface area contributed by atoms with E-state index >= 15 is 0 Å². The molecule has 0 aromatic heterocycles. The Bertz CT molecular complexity index is 754. The van der Waals surface area contributed by atoms with Crippen molar-refractivity contribution in [3.8, 4) is 11.1 Å². The summed E-state index contributed by atoms with van der Waals surface area (Å²) in [7, 11) is 1.75. The second kappa shape index (κ2) is 16.0. The lowest BCUT2D eigenvalue weighted by Gasteiger charge is -2.11. The first-order valence-electron chi connectivity index (χ1n) is 9.37. The number of benzene rings is 2. The molecule has 0 radical (unpaired) electrons. The predicted octanol–water partition coefficient (Wildman–Crippen LogP) is 4.80. The van der Waals surface area contributed by atoms with Gasteiger partial charge < -0.3 is 10.6 Å². The van der Waals surface area contributed by atoms with Crippen molar-refractivity contribution < 1.29 is 9.59 Å². The molecular weight excluding hydrogens is 350 g/mol. The van der Waals surface area contributed by atoms with E-state index in [1.54, 1.807) is 7.05 Å². The Labute approximate surface area is 168 Å². The maximum Gasteiger partial charge on any atom is 0.211 e. The lowest BCUT2D eigenvalue weighted by Crippen LogP contribution is -2.07. The first kappa shape index (κ1) is 24.8. The number of nitrogens with zero attached hydrogens (tertiary/aromatic N) is 1. The average Bonchev–Trinajstić information content (AvgIpc) is 2.76. The quantitative estimate of drug-likeness (QED) is 0.534. The van der Waals surface area contributed by atoms with Crippen LogP contribution in [0, 0.1) is 0 Å². The van der Waals surface area contributed by atoms with E-state index in [0.717, 1.165) is 34.5 Å². The lowest BCUT2D eigenvalue weighted by molar-refractivity contribution is -0.109. The van der Waals surface area contributed by atoms with Crippen LogP contribution in [0.4, 0.5) is 5.69 Å². The van der Waals surface area contributed by atoms with Crippen molar-refractivity contribution in [2.75, 3.05) is 18.9 Å². The molecule has 2 aromatic rings. The molecule has 2 amide bonds. The van der Waals surface area contributed by atoms with Gasteiger partial charge in [0.2, 0.25) is 12.8 Å². The average molecular weight is 382 g/mol. The summed E-state index contributed by atoms with van der Waals surface area (Å²) in [4.78, 5) is 24.2. The van der Waals surface area contributed by atoms with Gasteiger partial charge in [0.05, 0.1) is 0 Å². The number of rotatable bonds is 7. The molecule has 0 aliphatic heterocycles. The van der Waals surface area contributed by atoms with Gasteiger partial charge in [0.25, 0.3) is 0 Å². The van der Waals surface area contributed by atoms with E-state index in [2.05, 4.69) is 21.7 Å². The van der Waals surface area contributed by atoms with Crippen LogP contribution in [0.25, 0.3) is 16.7 Å². The zero-order chi connectivity index (χ0) is 21.2. The Hall–Kier alpha value is -3.21. The summed E-state index contributed by atoms with van der Waals surface area (Å²) in [6, 6.07) is 16.0. The number of carbonyl (C=O) groups is 2. The third-order valence-corrected chi connectivity index (χ3v) is 3.52. The maximum absolute atomic E-state index is 10.8. The third-order valence-electron chi connectivity index (χ3n) is 3.52. The summed E-state index contributed by atoms with van der Waals surface area (Å²) in [6.07, 6.45) is 5.23. The van der Waals surface area contributed by atoms with Crippen LogP contribution in [0.5, 0.6) is 0 Å². The van der Waals surface area contributed by atoms with Crippen LogP contribution in [0.15, 0.2) is 59.6 Å². The summed E-state index contributed by atoms with van der Waals surface area (Å²) < 4.78 is 0. The van der Waals surface area contributed by atoms with E-state index in [1.807, 2.05) is 82.5 Å². The molecule has 5 nitrogen and oxygen atoms in total. The topological polar surface area (TPSA) is 70.6 Å². The van der Waals surface area contributed by atoms with Crippen LogP contribution in [0.1, 0.15) is 33.3 Å². The molecule has 5 heteroatoms. The van der Waals surface area contributed by atoms with Crippen molar-refractivity contribution >= 4 is 30.3 Å². The van der Waals surface area contributed by atoms with Crippen LogP contribution in [-0.4, -0.2) is 32.6 Å².